The maximum absolute atomic E-state index is 10.6. The van der Waals surface area contributed by atoms with Crippen molar-refractivity contribution in [3.8, 4) is 0 Å². The van der Waals surface area contributed by atoms with Crippen molar-refractivity contribution >= 4 is 29.2 Å². The van der Waals surface area contributed by atoms with E-state index < -0.39 is 36.4 Å². The van der Waals surface area contributed by atoms with E-state index in [1.165, 1.54) is 11.3 Å². The number of aromatic nitrogens is 2. The van der Waals surface area contributed by atoms with Crippen LogP contribution >= 0.6 is 11.3 Å². The summed E-state index contributed by atoms with van der Waals surface area (Å²) in [4.78, 5) is 39.3. The van der Waals surface area contributed by atoms with Crippen LogP contribution in [0.15, 0.2) is 29.9 Å². The van der Waals surface area contributed by atoms with Gasteiger partial charge in [0, 0.05) is 36.8 Å². The number of hydrogen-bond acceptors (Lipinski definition) is 9. The number of thiazole rings is 1. The Bertz CT molecular complexity index is 1170. The Morgan fingerprint density at radius 2 is 1.49 bits per heavy atom. The number of pyridine rings is 1. The van der Waals surface area contributed by atoms with Gasteiger partial charge in [-0.1, -0.05) is 6.07 Å². The Balaban J connectivity index is 0.000000396. The molecule has 0 bridgehead atoms. The van der Waals surface area contributed by atoms with E-state index in [0.29, 0.717) is 12.6 Å². The molecule has 0 radical (unpaired) electrons. The molecule has 2 aromatic rings. The average Bonchev–Trinajstić information content (AvgIpc) is 3.50. The number of alkyl halides is 9. The van der Waals surface area contributed by atoms with Crippen LogP contribution in [0.4, 0.5) is 39.5 Å². The third kappa shape index (κ3) is 14.4. The first-order valence-electron chi connectivity index (χ1n) is 12.3. The Labute approximate surface area is 252 Å². The summed E-state index contributed by atoms with van der Waals surface area (Å²) in [7, 11) is 0. The van der Waals surface area contributed by atoms with E-state index in [9.17, 15) is 39.5 Å². The summed E-state index contributed by atoms with van der Waals surface area (Å²) in [5, 5.41) is 21.4. The predicted octanol–water partition coefficient (Wildman–Crippen LogP) is 4.70. The fraction of sp³-hybridized carbons (Fsp3) is 0.542. The first kappa shape index (κ1) is 39.5. The van der Waals surface area contributed by atoms with Crippen molar-refractivity contribution in [1.29, 1.82) is 0 Å². The maximum atomic E-state index is 10.6. The van der Waals surface area contributed by atoms with Crippen LogP contribution in [0.2, 0.25) is 0 Å². The number of ether oxygens (including phenoxy) is 2. The summed E-state index contributed by atoms with van der Waals surface area (Å²) in [6.07, 6.45) is -10.8. The molecule has 0 aliphatic carbocycles. The molecule has 45 heavy (non-hydrogen) atoms. The molecule has 2 saturated heterocycles. The lowest BCUT2D eigenvalue weighted by atomic mass is 10.0. The number of rotatable bonds is 5. The number of likely N-dealkylation sites (tertiary alicyclic amines) is 1. The van der Waals surface area contributed by atoms with Gasteiger partial charge in [0.25, 0.3) is 0 Å². The lowest BCUT2D eigenvalue weighted by molar-refractivity contribution is -0.193. The number of carboxylic acid groups (broad SMARTS) is 3. The largest absolute Gasteiger partial charge is 0.490 e. The number of aliphatic carboxylic acids is 3. The Hall–Kier alpha value is -3.56. The van der Waals surface area contributed by atoms with Crippen molar-refractivity contribution in [2.75, 3.05) is 13.2 Å². The SMILES string of the molecule is Cc1ncsc1CN1C[C@@H](OCc2ccccn2)[C@H]2OCCC[C@H]21.O=C(O)C(F)(F)F.O=C(O)C(F)(F)F.O=C(O)C(F)(F)F. The molecule has 4 rings (SSSR count). The molecule has 21 heteroatoms. The zero-order valence-electron chi connectivity index (χ0n) is 22.9. The number of carboxylic acids is 3. The highest BCUT2D eigenvalue weighted by molar-refractivity contribution is 7.09. The van der Waals surface area contributed by atoms with Gasteiger partial charge in [0.1, 0.15) is 6.10 Å². The van der Waals surface area contributed by atoms with Crippen LogP contribution in [-0.4, -0.2) is 98.0 Å². The molecule has 3 atom stereocenters. The molecule has 2 aliphatic rings. The zero-order valence-corrected chi connectivity index (χ0v) is 23.7. The first-order chi connectivity index (χ1) is 20.6. The summed E-state index contributed by atoms with van der Waals surface area (Å²) in [5.74, 6) is -8.27. The summed E-state index contributed by atoms with van der Waals surface area (Å²) >= 11 is 1.74. The number of aryl methyl sites for hydroxylation is 1. The van der Waals surface area contributed by atoms with E-state index in [1.54, 1.807) is 11.3 Å². The second kappa shape index (κ2) is 17.2. The molecular formula is C24H26F9N3O8S. The van der Waals surface area contributed by atoms with Crippen LogP contribution in [0.3, 0.4) is 0 Å². The zero-order chi connectivity index (χ0) is 34.6. The topological polar surface area (TPSA) is 159 Å². The molecule has 0 amide bonds. The van der Waals surface area contributed by atoms with Crippen LogP contribution < -0.4 is 0 Å². The number of carbonyl (C=O) groups is 3. The molecule has 0 spiro atoms. The van der Waals surface area contributed by atoms with Crippen LogP contribution in [0, 0.1) is 6.92 Å². The normalized spacial score (nSPS) is 19.8. The monoisotopic (exact) mass is 687 g/mol. The molecule has 2 aromatic heterocycles. The van der Waals surface area contributed by atoms with E-state index in [1.807, 2.05) is 29.9 Å². The summed E-state index contributed by atoms with van der Waals surface area (Å²) in [6.45, 7) is 5.35. The quantitative estimate of drug-likeness (QED) is 0.374. The second-order valence-electron chi connectivity index (χ2n) is 8.91. The minimum absolute atomic E-state index is 0.116. The van der Waals surface area contributed by atoms with Crippen molar-refractivity contribution in [3.05, 3.63) is 46.2 Å². The first-order valence-corrected chi connectivity index (χ1v) is 13.2. The fourth-order valence-corrected chi connectivity index (χ4v) is 4.47. The molecule has 0 saturated carbocycles. The highest BCUT2D eigenvalue weighted by Gasteiger charge is 2.45. The van der Waals surface area contributed by atoms with Gasteiger partial charge in [-0.25, -0.2) is 19.4 Å². The third-order valence-electron chi connectivity index (χ3n) is 5.67. The van der Waals surface area contributed by atoms with Gasteiger partial charge < -0.3 is 24.8 Å². The van der Waals surface area contributed by atoms with E-state index in [-0.39, 0.29) is 12.2 Å². The Kier molecular flexibility index (Phi) is 15.1. The molecule has 2 aliphatic heterocycles. The number of fused-ring (bicyclic) bond motifs is 1. The molecule has 4 heterocycles. The average molecular weight is 688 g/mol. The predicted molar refractivity (Wildman–Crippen MR) is 134 cm³/mol. The maximum Gasteiger partial charge on any atom is 0.490 e. The number of halogens is 9. The van der Waals surface area contributed by atoms with Crippen LogP contribution in [0.5, 0.6) is 0 Å². The van der Waals surface area contributed by atoms with Gasteiger partial charge in [-0.2, -0.15) is 39.5 Å². The Morgan fingerprint density at radius 1 is 0.956 bits per heavy atom. The van der Waals surface area contributed by atoms with Crippen molar-refractivity contribution in [3.63, 3.8) is 0 Å². The van der Waals surface area contributed by atoms with Gasteiger partial charge in [-0.05, 0) is 31.9 Å². The van der Waals surface area contributed by atoms with Crippen LogP contribution in [-0.2, 0) is 37.0 Å². The Morgan fingerprint density at radius 3 is 1.91 bits per heavy atom. The molecule has 254 valence electrons. The van der Waals surface area contributed by atoms with Gasteiger partial charge >= 0.3 is 36.4 Å². The van der Waals surface area contributed by atoms with Gasteiger partial charge in [-0.15, -0.1) is 11.3 Å². The lowest BCUT2D eigenvalue weighted by Gasteiger charge is -2.32. The van der Waals surface area contributed by atoms with Crippen molar-refractivity contribution in [2.45, 2.75) is 69.7 Å². The highest BCUT2D eigenvalue weighted by Crippen LogP contribution is 2.33. The highest BCUT2D eigenvalue weighted by atomic mass is 32.1. The van der Waals surface area contributed by atoms with Crippen LogP contribution in [0.1, 0.15) is 29.1 Å². The van der Waals surface area contributed by atoms with E-state index >= 15 is 0 Å². The van der Waals surface area contributed by atoms with Crippen molar-refractivity contribution in [1.82, 2.24) is 14.9 Å². The standard InChI is InChI=1S/C18H23N3O2S.3C2HF3O2/c1-13-17(24-12-20-13)10-21-9-16(18-15(21)6-4-8-22-18)23-11-14-5-2-3-7-19-14;3*3-2(4,5)1(6)7/h2-3,5,7,12,15-16,18H,4,6,8-11H2,1H3;3*(H,6,7)/t15-,16-,18+;;;/m1.../s1. The van der Waals surface area contributed by atoms with Crippen LogP contribution in [0.25, 0.3) is 0 Å². The molecule has 2 fully saturated rings. The lowest BCUT2D eigenvalue weighted by Crippen LogP contribution is -2.41. The molecular weight excluding hydrogens is 661 g/mol. The van der Waals surface area contributed by atoms with Crippen molar-refractivity contribution in [2.24, 2.45) is 0 Å². The van der Waals surface area contributed by atoms with Gasteiger partial charge in [0.05, 0.1) is 29.6 Å². The van der Waals surface area contributed by atoms with Gasteiger partial charge in [-0.3, -0.25) is 9.88 Å². The molecule has 0 aromatic carbocycles. The minimum Gasteiger partial charge on any atom is -0.475 e. The molecule has 0 unspecified atom stereocenters. The van der Waals surface area contributed by atoms with E-state index in [2.05, 4.69) is 21.8 Å². The molecule has 3 N–H and O–H groups in total. The molecule has 11 nitrogen and oxygen atoms in total. The number of hydrogen-bond donors (Lipinski definition) is 3. The number of nitrogens with zero attached hydrogens (tertiary/aromatic N) is 3. The summed E-state index contributed by atoms with van der Waals surface area (Å²) < 4.78 is 107. The fourth-order valence-electron chi connectivity index (χ4n) is 3.67. The van der Waals surface area contributed by atoms with Gasteiger partial charge in [0.2, 0.25) is 0 Å². The smallest absolute Gasteiger partial charge is 0.475 e. The van der Waals surface area contributed by atoms with E-state index in [0.717, 1.165) is 37.5 Å². The van der Waals surface area contributed by atoms with E-state index in [4.69, 9.17) is 39.2 Å². The third-order valence-corrected chi connectivity index (χ3v) is 6.59. The van der Waals surface area contributed by atoms with Gasteiger partial charge in [0.15, 0.2) is 0 Å². The second-order valence-corrected chi connectivity index (χ2v) is 9.85. The summed E-state index contributed by atoms with van der Waals surface area (Å²) in [6, 6.07) is 6.39. The van der Waals surface area contributed by atoms with Crippen molar-refractivity contribution < 1.29 is 78.7 Å². The summed E-state index contributed by atoms with van der Waals surface area (Å²) in [5.41, 5.74) is 4.05. The minimum atomic E-state index is -5.08.